The van der Waals surface area contributed by atoms with Gasteiger partial charge in [-0.3, -0.25) is 0 Å². The monoisotopic (exact) mass is 327 g/mol. The fourth-order valence-corrected chi connectivity index (χ4v) is 1.90. The first-order chi connectivity index (χ1) is 8.69. The maximum atomic E-state index is 9.42. The topological polar surface area (TPSA) is 58.0 Å². The van der Waals surface area contributed by atoms with E-state index < -0.39 is 0 Å². The summed E-state index contributed by atoms with van der Waals surface area (Å²) < 4.78 is 0.802. The summed E-state index contributed by atoms with van der Waals surface area (Å²) in [6, 6.07) is 7.03. The highest BCUT2D eigenvalue weighted by Gasteiger charge is 2.11. The van der Waals surface area contributed by atoms with E-state index in [1.54, 1.807) is 24.5 Å². The third kappa shape index (κ3) is 3.41. The van der Waals surface area contributed by atoms with Gasteiger partial charge in [-0.15, -0.1) is 0 Å². The molecule has 0 amide bonds. The summed E-state index contributed by atoms with van der Waals surface area (Å²) in [6.45, 7) is -0.0697. The van der Waals surface area contributed by atoms with Gasteiger partial charge in [-0.2, -0.15) is 0 Å². The maximum Gasteiger partial charge on any atom is 0.223 e. The predicted octanol–water partition coefficient (Wildman–Crippen LogP) is 3.04. The lowest BCUT2D eigenvalue weighted by molar-refractivity contribution is 0.276. The normalized spacial score (nSPS) is 12.2. The fourth-order valence-electron chi connectivity index (χ4n) is 1.50. The molecule has 4 nitrogen and oxygen atoms in total. The first-order valence-corrected chi connectivity index (χ1v) is 6.46. The molecule has 1 heterocycles. The van der Waals surface area contributed by atoms with Gasteiger partial charge in [0.05, 0.1) is 17.1 Å². The smallest absolute Gasteiger partial charge is 0.223 e. The molecular weight excluding hydrogens is 318 g/mol. The van der Waals surface area contributed by atoms with Crippen LogP contribution in [0.4, 0.5) is 5.95 Å². The minimum Gasteiger partial charge on any atom is -0.394 e. The Kier molecular flexibility index (Phi) is 4.52. The van der Waals surface area contributed by atoms with Gasteiger partial charge in [0, 0.05) is 17.4 Å². The Hall–Kier alpha value is -1.17. The SMILES string of the molecule is OCC(Nc1ncc(Br)cn1)c1cccc(Cl)c1. The van der Waals surface area contributed by atoms with E-state index in [2.05, 4.69) is 31.2 Å². The number of nitrogens with zero attached hydrogens (tertiary/aromatic N) is 2. The molecule has 2 aromatic rings. The second-order valence-corrected chi connectivity index (χ2v) is 5.01. The van der Waals surface area contributed by atoms with Crippen molar-refractivity contribution < 1.29 is 5.11 Å². The van der Waals surface area contributed by atoms with E-state index in [4.69, 9.17) is 11.6 Å². The van der Waals surface area contributed by atoms with Crippen LogP contribution >= 0.6 is 27.5 Å². The average Bonchev–Trinajstić information content (AvgIpc) is 2.38. The van der Waals surface area contributed by atoms with Crippen molar-refractivity contribution in [1.29, 1.82) is 0 Å². The van der Waals surface area contributed by atoms with Crippen LogP contribution in [0.15, 0.2) is 41.1 Å². The number of aromatic nitrogens is 2. The van der Waals surface area contributed by atoms with E-state index in [1.165, 1.54) is 0 Å². The van der Waals surface area contributed by atoms with E-state index in [-0.39, 0.29) is 12.6 Å². The zero-order valence-corrected chi connectivity index (χ0v) is 11.7. The van der Waals surface area contributed by atoms with Crippen LogP contribution in [0, 0.1) is 0 Å². The van der Waals surface area contributed by atoms with E-state index >= 15 is 0 Å². The van der Waals surface area contributed by atoms with Crippen molar-refractivity contribution in [1.82, 2.24) is 9.97 Å². The lowest BCUT2D eigenvalue weighted by atomic mass is 10.1. The maximum absolute atomic E-state index is 9.42. The Labute approximate surface area is 118 Å². The van der Waals surface area contributed by atoms with Gasteiger partial charge in [0.25, 0.3) is 0 Å². The first kappa shape index (κ1) is 13.3. The van der Waals surface area contributed by atoms with Crippen LogP contribution in [0.5, 0.6) is 0 Å². The average molecular weight is 329 g/mol. The molecule has 0 saturated carbocycles. The minimum atomic E-state index is -0.287. The molecule has 1 unspecified atom stereocenters. The van der Waals surface area contributed by atoms with Crippen LogP contribution in [0.3, 0.4) is 0 Å². The van der Waals surface area contributed by atoms with Gasteiger partial charge in [-0.1, -0.05) is 23.7 Å². The summed E-state index contributed by atoms with van der Waals surface area (Å²) in [5, 5.41) is 13.1. The summed E-state index contributed by atoms with van der Waals surface area (Å²) in [5.41, 5.74) is 0.886. The van der Waals surface area contributed by atoms with Gasteiger partial charge in [-0.25, -0.2) is 9.97 Å². The molecule has 0 bridgehead atoms. The van der Waals surface area contributed by atoms with E-state index in [1.807, 2.05) is 12.1 Å². The minimum absolute atomic E-state index is 0.0697. The first-order valence-electron chi connectivity index (χ1n) is 5.29. The van der Waals surface area contributed by atoms with Gasteiger partial charge < -0.3 is 10.4 Å². The number of aliphatic hydroxyl groups is 1. The quantitative estimate of drug-likeness (QED) is 0.906. The second-order valence-electron chi connectivity index (χ2n) is 3.66. The number of hydrogen-bond acceptors (Lipinski definition) is 4. The lowest BCUT2D eigenvalue weighted by Crippen LogP contribution is -2.16. The standard InChI is InChI=1S/C12H11BrClN3O/c13-9-5-15-12(16-6-9)17-11(7-18)8-2-1-3-10(14)4-8/h1-6,11,18H,7H2,(H,15,16,17). The van der Waals surface area contributed by atoms with E-state index in [0.29, 0.717) is 11.0 Å². The van der Waals surface area contributed by atoms with Crippen LogP contribution in [0.25, 0.3) is 0 Å². The molecule has 0 aliphatic heterocycles. The molecule has 0 aliphatic rings. The molecule has 0 aliphatic carbocycles. The largest absolute Gasteiger partial charge is 0.394 e. The molecule has 6 heteroatoms. The van der Waals surface area contributed by atoms with E-state index in [0.717, 1.165) is 10.0 Å². The number of anilines is 1. The van der Waals surface area contributed by atoms with Gasteiger partial charge in [0.15, 0.2) is 0 Å². The molecule has 2 N–H and O–H groups in total. The van der Waals surface area contributed by atoms with Crippen LogP contribution < -0.4 is 5.32 Å². The van der Waals surface area contributed by atoms with Crippen molar-refractivity contribution in [2.45, 2.75) is 6.04 Å². The number of benzene rings is 1. The zero-order valence-electron chi connectivity index (χ0n) is 9.35. The lowest BCUT2D eigenvalue weighted by Gasteiger charge is -2.16. The molecule has 2 rings (SSSR count). The van der Waals surface area contributed by atoms with Crippen molar-refractivity contribution >= 4 is 33.5 Å². The highest BCUT2D eigenvalue weighted by Crippen LogP contribution is 2.20. The molecule has 0 fully saturated rings. The molecule has 1 aromatic heterocycles. The number of halogens is 2. The van der Waals surface area contributed by atoms with Crippen LogP contribution in [-0.4, -0.2) is 21.7 Å². The van der Waals surface area contributed by atoms with Crippen LogP contribution in [-0.2, 0) is 0 Å². The Bertz CT molecular complexity index is 521. The summed E-state index contributed by atoms with van der Waals surface area (Å²) in [6.07, 6.45) is 3.28. The Morgan fingerprint density at radius 2 is 2.06 bits per heavy atom. The Balaban J connectivity index is 2.17. The predicted molar refractivity (Wildman–Crippen MR) is 74.6 cm³/mol. The summed E-state index contributed by atoms with van der Waals surface area (Å²) >= 11 is 9.19. The molecule has 1 aromatic carbocycles. The molecule has 94 valence electrons. The highest BCUT2D eigenvalue weighted by atomic mass is 79.9. The third-order valence-electron chi connectivity index (χ3n) is 2.36. The van der Waals surface area contributed by atoms with Crippen LogP contribution in [0.1, 0.15) is 11.6 Å². The Morgan fingerprint density at radius 1 is 1.33 bits per heavy atom. The summed E-state index contributed by atoms with van der Waals surface area (Å²) in [5.74, 6) is 0.456. The van der Waals surface area contributed by atoms with Gasteiger partial charge in [0.1, 0.15) is 0 Å². The van der Waals surface area contributed by atoms with Crippen molar-refractivity contribution in [2.75, 3.05) is 11.9 Å². The van der Waals surface area contributed by atoms with Crippen molar-refractivity contribution in [3.8, 4) is 0 Å². The highest BCUT2D eigenvalue weighted by molar-refractivity contribution is 9.10. The molecule has 1 atom stereocenters. The number of hydrogen-bond donors (Lipinski definition) is 2. The van der Waals surface area contributed by atoms with Crippen molar-refractivity contribution in [3.05, 3.63) is 51.7 Å². The van der Waals surface area contributed by atoms with Gasteiger partial charge >= 0.3 is 0 Å². The fraction of sp³-hybridized carbons (Fsp3) is 0.167. The van der Waals surface area contributed by atoms with Crippen LogP contribution in [0.2, 0.25) is 5.02 Å². The number of nitrogens with one attached hydrogen (secondary N) is 1. The molecule has 0 spiro atoms. The molecular formula is C12H11BrClN3O. The Morgan fingerprint density at radius 3 is 2.67 bits per heavy atom. The summed E-state index contributed by atoms with van der Waals surface area (Å²) in [7, 11) is 0. The molecule has 18 heavy (non-hydrogen) atoms. The summed E-state index contributed by atoms with van der Waals surface area (Å²) in [4.78, 5) is 8.20. The second kappa shape index (κ2) is 6.13. The van der Waals surface area contributed by atoms with E-state index in [9.17, 15) is 5.11 Å². The molecule has 0 radical (unpaired) electrons. The van der Waals surface area contributed by atoms with Gasteiger partial charge in [-0.05, 0) is 33.6 Å². The number of aliphatic hydroxyl groups excluding tert-OH is 1. The third-order valence-corrected chi connectivity index (χ3v) is 3.00. The van der Waals surface area contributed by atoms with Gasteiger partial charge in [0.2, 0.25) is 5.95 Å². The molecule has 0 saturated heterocycles. The van der Waals surface area contributed by atoms with Crippen molar-refractivity contribution in [2.24, 2.45) is 0 Å². The van der Waals surface area contributed by atoms with Crippen molar-refractivity contribution in [3.63, 3.8) is 0 Å². The number of rotatable bonds is 4. The zero-order chi connectivity index (χ0) is 13.0.